The van der Waals surface area contributed by atoms with E-state index in [1.807, 2.05) is 18.6 Å². The van der Waals surface area contributed by atoms with Crippen LogP contribution in [-0.4, -0.2) is 20.6 Å². The highest BCUT2D eigenvalue weighted by atomic mass is 32.2. The lowest BCUT2D eigenvalue weighted by Gasteiger charge is -2.17. The van der Waals surface area contributed by atoms with E-state index < -0.39 is 16.1 Å². The first-order chi connectivity index (χ1) is 10.9. The fraction of sp³-hybridized carbons (Fsp3) is 0.471. The lowest BCUT2D eigenvalue weighted by atomic mass is 10.1. The Morgan fingerprint density at radius 1 is 1.30 bits per heavy atom. The molecule has 1 N–H and O–H groups in total. The highest BCUT2D eigenvalue weighted by molar-refractivity contribution is 7.90. The van der Waals surface area contributed by atoms with Gasteiger partial charge in [0.15, 0.2) is 0 Å². The van der Waals surface area contributed by atoms with E-state index in [2.05, 4.69) is 6.58 Å². The molecule has 6 heteroatoms. The molecule has 1 unspecified atom stereocenters. The van der Waals surface area contributed by atoms with E-state index in [0.717, 1.165) is 18.4 Å². The molecule has 0 aromatic heterocycles. The molecule has 1 atom stereocenters. The van der Waals surface area contributed by atoms with Crippen LogP contribution in [0.2, 0.25) is 0 Å². The van der Waals surface area contributed by atoms with Crippen molar-refractivity contribution in [1.29, 1.82) is 0 Å². The molecule has 128 valence electrons. The maximum Gasteiger partial charge on any atom is 0.421 e. The number of hydrogen-bond acceptors (Lipinski definition) is 4. The van der Waals surface area contributed by atoms with E-state index in [1.165, 1.54) is 12.1 Å². The van der Waals surface area contributed by atoms with Crippen LogP contribution in [0.1, 0.15) is 44.6 Å². The number of carbonyl (C=O) groups excluding carboxylic acids is 1. The molecule has 0 radical (unpaired) electrons. The Bertz CT molecular complexity index is 608. The number of sulfonamides is 1. The van der Waals surface area contributed by atoms with Crippen LogP contribution in [0.5, 0.6) is 0 Å². The molecular weight excluding hydrogens is 314 g/mol. The molecule has 0 saturated heterocycles. The van der Waals surface area contributed by atoms with Crippen LogP contribution in [0.3, 0.4) is 0 Å². The van der Waals surface area contributed by atoms with Gasteiger partial charge in [-0.2, -0.15) is 0 Å². The van der Waals surface area contributed by atoms with Gasteiger partial charge in [0, 0.05) is 0 Å². The Labute approximate surface area is 138 Å². The van der Waals surface area contributed by atoms with Gasteiger partial charge in [0.1, 0.15) is 6.10 Å². The summed E-state index contributed by atoms with van der Waals surface area (Å²) in [5.74, 6) is 0. The van der Waals surface area contributed by atoms with Gasteiger partial charge in [-0.3, -0.25) is 0 Å². The lowest BCUT2D eigenvalue weighted by Crippen LogP contribution is -2.34. The number of rotatable bonds is 9. The number of aryl methyl sites for hydroxylation is 1. The highest BCUT2D eigenvalue weighted by Gasteiger charge is 2.21. The lowest BCUT2D eigenvalue weighted by molar-refractivity contribution is 0.0916. The molecule has 23 heavy (non-hydrogen) atoms. The summed E-state index contributed by atoms with van der Waals surface area (Å²) in [5.41, 5.74) is 0.940. The normalized spacial score (nSPS) is 12.4. The van der Waals surface area contributed by atoms with Gasteiger partial charge in [-0.1, -0.05) is 43.5 Å². The van der Waals surface area contributed by atoms with Crippen molar-refractivity contribution >= 4 is 16.1 Å². The number of ether oxygens (including phenoxy) is 1. The molecule has 1 amide bonds. The molecule has 0 bridgehead atoms. The van der Waals surface area contributed by atoms with Gasteiger partial charge in [0.2, 0.25) is 0 Å². The van der Waals surface area contributed by atoms with Crippen molar-refractivity contribution in [3.8, 4) is 0 Å². The molecule has 1 aromatic rings. The molecular formula is C17H25NO4S. The number of amides is 1. The average Bonchev–Trinajstić information content (AvgIpc) is 2.49. The number of hydrogen-bond donors (Lipinski definition) is 1. The van der Waals surface area contributed by atoms with Crippen molar-refractivity contribution < 1.29 is 17.9 Å². The first-order valence-electron chi connectivity index (χ1n) is 7.80. The van der Waals surface area contributed by atoms with Gasteiger partial charge in [-0.15, -0.1) is 6.58 Å². The summed E-state index contributed by atoms with van der Waals surface area (Å²) in [5, 5.41) is 0. The molecule has 0 aliphatic rings. The monoisotopic (exact) mass is 339 g/mol. The molecule has 0 aliphatic heterocycles. The predicted molar refractivity (Wildman–Crippen MR) is 90.7 cm³/mol. The molecule has 1 rings (SSSR count). The molecule has 0 saturated carbocycles. The van der Waals surface area contributed by atoms with Crippen molar-refractivity contribution in [3.63, 3.8) is 0 Å². The van der Waals surface area contributed by atoms with Gasteiger partial charge in [0.25, 0.3) is 10.0 Å². The van der Waals surface area contributed by atoms with Gasteiger partial charge in [-0.25, -0.2) is 17.9 Å². The Hall–Kier alpha value is -1.82. The van der Waals surface area contributed by atoms with Crippen LogP contribution in [0.15, 0.2) is 41.8 Å². The van der Waals surface area contributed by atoms with E-state index in [0.29, 0.717) is 19.3 Å². The van der Waals surface area contributed by atoms with E-state index >= 15 is 0 Å². The van der Waals surface area contributed by atoms with Crippen LogP contribution in [0, 0.1) is 6.92 Å². The second-order valence-corrected chi connectivity index (χ2v) is 7.14. The minimum atomic E-state index is -3.91. The van der Waals surface area contributed by atoms with E-state index in [9.17, 15) is 13.2 Å². The largest absolute Gasteiger partial charge is 0.446 e. The maximum atomic E-state index is 12.1. The zero-order valence-electron chi connectivity index (χ0n) is 13.7. The fourth-order valence-corrected chi connectivity index (χ4v) is 2.94. The summed E-state index contributed by atoms with van der Waals surface area (Å²) in [6.45, 7) is 7.55. The first-order valence-corrected chi connectivity index (χ1v) is 9.28. The van der Waals surface area contributed by atoms with Crippen LogP contribution in [-0.2, 0) is 14.8 Å². The minimum absolute atomic E-state index is 0.0382. The van der Waals surface area contributed by atoms with Gasteiger partial charge >= 0.3 is 6.09 Å². The standard InChI is InChI=1S/C17H25NO4S/c1-4-6-8-15(9-7-5-2)22-17(19)18-23(20,21)16-12-10-14(3)11-13-16/h4,10-13,15H,1,5-9H2,2-3H3,(H,18,19). The third kappa shape index (κ3) is 6.86. The summed E-state index contributed by atoms with van der Waals surface area (Å²) >= 11 is 0. The zero-order chi connectivity index (χ0) is 17.3. The average molecular weight is 339 g/mol. The quantitative estimate of drug-likeness (QED) is 0.692. The van der Waals surface area contributed by atoms with Crippen molar-refractivity contribution in [2.24, 2.45) is 0 Å². The number of nitrogens with one attached hydrogen (secondary N) is 1. The summed E-state index contributed by atoms with van der Waals surface area (Å²) in [4.78, 5) is 11.9. The summed E-state index contributed by atoms with van der Waals surface area (Å²) in [6.07, 6.45) is 4.48. The molecule has 1 aromatic carbocycles. The van der Waals surface area contributed by atoms with Crippen molar-refractivity contribution in [2.45, 2.75) is 57.0 Å². The Balaban J connectivity index is 2.68. The molecule has 0 fully saturated rings. The minimum Gasteiger partial charge on any atom is -0.446 e. The van der Waals surface area contributed by atoms with Crippen molar-refractivity contribution in [2.75, 3.05) is 0 Å². The smallest absolute Gasteiger partial charge is 0.421 e. The van der Waals surface area contributed by atoms with Crippen LogP contribution >= 0.6 is 0 Å². The number of benzene rings is 1. The number of allylic oxidation sites excluding steroid dienone is 1. The topological polar surface area (TPSA) is 72.5 Å². The van der Waals surface area contributed by atoms with Gasteiger partial charge in [-0.05, 0) is 38.3 Å². The Morgan fingerprint density at radius 2 is 1.96 bits per heavy atom. The third-order valence-corrected chi connectivity index (χ3v) is 4.72. The van der Waals surface area contributed by atoms with Gasteiger partial charge < -0.3 is 4.74 Å². The number of carbonyl (C=O) groups is 1. The van der Waals surface area contributed by atoms with Crippen molar-refractivity contribution in [3.05, 3.63) is 42.5 Å². The predicted octanol–water partition coefficient (Wildman–Crippen LogP) is 3.93. The third-order valence-electron chi connectivity index (χ3n) is 3.40. The second kappa shape index (κ2) is 9.35. The SMILES string of the molecule is C=CCCC(CCCC)OC(=O)NS(=O)(=O)c1ccc(C)cc1. The van der Waals surface area contributed by atoms with E-state index in [4.69, 9.17) is 4.74 Å². The first kappa shape index (κ1) is 19.2. The second-order valence-electron chi connectivity index (χ2n) is 5.45. The molecule has 5 nitrogen and oxygen atoms in total. The van der Waals surface area contributed by atoms with Crippen LogP contribution < -0.4 is 4.72 Å². The fourth-order valence-electron chi connectivity index (χ4n) is 2.06. The van der Waals surface area contributed by atoms with E-state index in [1.54, 1.807) is 18.2 Å². The molecule has 0 spiro atoms. The van der Waals surface area contributed by atoms with Crippen LogP contribution in [0.25, 0.3) is 0 Å². The summed E-state index contributed by atoms with van der Waals surface area (Å²) in [6, 6.07) is 6.26. The van der Waals surface area contributed by atoms with E-state index in [-0.39, 0.29) is 11.0 Å². The Kier molecular flexibility index (Phi) is 7.81. The highest BCUT2D eigenvalue weighted by Crippen LogP contribution is 2.14. The zero-order valence-corrected chi connectivity index (χ0v) is 14.6. The van der Waals surface area contributed by atoms with Crippen molar-refractivity contribution in [1.82, 2.24) is 4.72 Å². The van der Waals surface area contributed by atoms with Crippen LogP contribution in [0.4, 0.5) is 4.79 Å². The Morgan fingerprint density at radius 3 is 2.52 bits per heavy atom. The number of unbranched alkanes of at least 4 members (excludes halogenated alkanes) is 1. The molecule has 0 aliphatic carbocycles. The summed E-state index contributed by atoms with van der Waals surface area (Å²) in [7, 11) is -3.91. The van der Waals surface area contributed by atoms with Gasteiger partial charge in [0.05, 0.1) is 4.90 Å². The molecule has 0 heterocycles. The summed E-state index contributed by atoms with van der Waals surface area (Å²) < 4.78 is 31.5. The maximum absolute atomic E-state index is 12.1.